The van der Waals surface area contributed by atoms with Crippen LogP contribution in [0, 0.1) is 47.3 Å². The Balaban J connectivity index is 4.49. The zero-order chi connectivity index (χ0) is 22.0. The summed E-state index contributed by atoms with van der Waals surface area (Å²) in [5.74, 6) is 2.78. The van der Waals surface area contributed by atoms with Gasteiger partial charge < -0.3 is 0 Å². The van der Waals surface area contributed by atoms with E-state index in [9.17, 15) is 8.78 Å². The molecule has 0 aliphatic carbocycles. The van der Waals surface area contributed by atoms with E-state index in [0.717, 1.165) is 31.6 Å². The molecule has 0 fully saturated rings. The average Bonchev–Trinajstić information content (AvgIpc) is 2.65. The molecule has 0 nitrogen and oxygen atoms in total. The molecule has 0 aliphatic heterocycles. The highest BCUT2D eigenvalue weighted by Crippen LogP contribution is 2.34. The van der Waals surface area contributed by atoms with Gasteiger partial charge in [-0.1, -0.05) is 108 Å². The summed E-state index contributed by atoms with van der Waals surface area (Å²) in [4.78, 5) is 0. The van der Waals surface area contributed by atoms with Gasteiger partial charge in [-0.25, -0.2) is 8.78 Å². The van der Waals surface area contributed by atoms with E-state index in [1.807, 2.05) is 13.8 Å². The molecule has 0 saturated heterocycles. The molecule has 0 aromatic carbocycles. The van der Waals surface area contributed by atoms with Gasteiger partial charge in [0.1, 0.15) is 12.3 Å². The molecule has 8 unspecified atom stereocenters. The van der Waals surface area contributed by atoms with Gasteiger partial charge >= 0.3 is 0 Å². The molecule has 170 valence electrons. The van der Waals surface area contributed by atoms with Crippen LogP contribution in [-0.4, -0.2) is 12.3 Å². The fourth-order valence-electron chi connectivity index (χ4n) is 4.02. The lowest BCUT2D eigenvalue weighted by molar-refractivity contribution is 0.0366. The summed E-state index contributed by atoms with van der Waals surface area (Å²) in [5, 5.41) is 0. The minimum atomic E-state index is -1.35. The van der Waals surface area contributed by atoms with E-state index in [0.29, 0.717) is 17.8 Å². The number of rotatable bonds is 15. The summed E-state index contributed by atoms with van der Waals surface area (Å²) in [7, 11) is 0. The molecule has 0 aromatic heterocycles. The predicted molar refractivity (Wildman–Crippen MR) is 122 cm³/mol. The van der Waals surface area contributed by atoms with Crippen molar-refractivity contribution in [1.29, 1.82) is 0 Å². The fourth-order valence-corrected chi connectivity index (χ4v) is 4.02. The molecule has 28 heavy (non-hydrogen) atoms. The number of halogens is 2. The Labute approximate surface area is 176 Å². The third kappa shape index (κ3) is 10.6. The molecular weight excluding hydrogens is 350 g/mol. The van der Waals surface area contributed by atoms with Crippen LogP contribution in [0.15, 0.2) is 0 Å². The third-order valence-electron chi connectivity index (χ3n) is 7.55. The van der Waals surface area contributed by atoms with Crippen LogP contribution in [0.25, 0.3) is 0 Å². The SMILES string of the molecule is CC(C)CCC(C)C(C)CCC(C)C(C)C(F)C(F)C(C)C(C)CCC(C)C. The molecule has 0 bridgehead atoms. The molecule has 0 rings (SSSR count). The van der Waals surface area contributed by atoms with Gasteiger partial charge in [-0.2, -0.15) is 0 Å². The first-order chi connectivity index (χ1) is 12.9. The van der Waals surface area contributed by atoms with E-state index in [1.165, 1.54) is 12.8 Å². The summed E-state index contributed by atoms with van der Waals surface area (Å²) in [5.41, 5.74) is 0. The molecule has 0 aromatic rings. The molecule has 0 radical (unpaired) electrons. The minimum absolute atomic E-state index is 0.210. The maximum atomic E-state index is 15.0. The summed E-state index contributed by atoms with van der Waals surface area (Å²) >= 11 is 0. The lowest BCUT2D eigenvalue weighted by atomic mass is 9.77. The first-order valence-corrected chi connectivity index (χ1v) is 12.2. The first-order valence-electron chi connectivity index (χ1n) is 12.2. The Bertz CT molecular complexity index is 379. The molecule has 8 atom stereocenters. The van der Waals surface area contributed by atoms with Crippen molar-refractivity contribution in [3.8, 4) is 0 Å². The zero-order valence-electron chi connectivity index (χ0n) is 20.8. The Hall–Kier alpha value is -0.140. The van der Waals surface area contributed by atoms with Crippen molar-refractivity contribution in [2.24, 2.45) is 47.3 Å². The molecule has 0 saturated carbocycles. The van der Waals surface area contributed by atoms with Gasteiger partial charge in [0.05, 0.1) is 0 Å². The van der Waals surface area contributed by atoms with Gasteiger partial charge in [-0.15, -0.1) is 0 Å². The lowest BCUT2D eigenvalue weighted by Gasteiger charge is -2.32. The Morgan fingerprint density at radius 3 is 0.964 bits per heavy atom. The normalized spacial score (nSPS) is 21.2. The summed E-state index contributed by atoms with van der Waals surface area (Å²) in [6, 6.07) is 0. The first kappa shape index (κ1) is 27.9. The zero-order valence-corrected chi connectivity index (χ0v) is 20.8. The van der Waals surface area contributed by atoms with Gasteiger partial charge in [-0.05, 0) is 47.3 Å². The Morgan fingerprint density at radius 2 is 0.643 bits per heavy atom. The van der Waals surface area contributed by atoms with Crippen molar-refractivity contribution < 1.29 is 8.78 Å². The second-order valence-electron chi connectivity index (χ2n) is 11.0. The van der Waals surface area contributed by atoms with Crippen LogP contribution < -0.4 is 0 Å². The monoisotopic (exact) mass is 402 g/mol. The number of hydrogen-bond donors (Lipinski definition) is 0. The van der Waals surface area contributed by atoms with E-state index >= 15 is 0 Å². The maximum absolute atomic E-state index is 15.0. The molecule has 2 heteroatoms. The molecule has 0 spiro atoms. The van der Waals surface area contributed by atoms with Gasteiger partial charge in [0.15, 0.2) is 0 Å². The van der Waals surface area contributed by atoms with Crippen molar-refractivity contribution in [1.82, 2.24) is 0 Å². The van der Waals surface area contributed by atoms with Crippen molar-refractivity contribution >= 4 is 0 Å². The van der Waals surface area contributed by atoms with Crippen LogP contribution in [0.2, 0.25) is 0 Å². The summed E-state index contributed by atoms with van der Waals surface area (Å²) < 4.78 is 29.9. The Kier molecular flexibility index (Phi) is 13.9. The third-order valence-corrected chi connectivity index (χ3v) is 7.55. The van der Waals surface area contributed by atoms with Crippen LogP contribution in [0.3, 0.4) is 0 Å². The highest BCUT2D eigenvalue weighted by atomic mass is 19.2. The summed E-state index contributed by atoms with van der Waals surface area (Å²) in [6.45, 7) is 21.6. The minimum Gasteiger partial charge on any atom is -0.244 e. The van der Waals surface area contributed by atoms with Crippen LogP contribution >= 0.6 is 0 Å². The second kappa shape index (κ2) is 14.0. The van der Waals surface area contributed by atoms with Gasteiger partial charge in [0.2, 0.25) is 0 Å². The second-order valence-corrected chi connectivity index (χ2v) is 11.0. The van der Waals surface area contributed by atoms with Gasteiger partial charge in [0.25, 0.3) is 0 Å². The molecule has 0 heterocycles. The van der Waals surface area contributed by atoms with Gasteiger partial charge in [-0.3, -0.25) is 0 Å². The van der Waals surface area contributed by atoms with E-state index < -0.39 is 12.3 Å². The van der Waals surface area contributed by atoms with E-state index in [2.05, 4.69) is 55.4 Å². The highest BCUT2D eigenvalue weighted by molar-refractivity contribution is 4.83. The molecular formula is C26H52F2. The highest BCUT2D eigenvalue weighted by Gasteiger charge is 2.35. The van der Waals surface area contributed by atoms with Crippen LogP contribution in [0.4, 0.5) is 8.78 Å². The van der Waals surface area contributed by atoms with Crippen LogP contribution in [0.1, 0.15) is 108 Å². The van der Waals surface area contributed by atoms with Crippen molar-refractivity contribution in [2.45, 2.75) is 120 Å². The van der Waals surface area contributed by atoms with Crippen LogP contribution in [0.5, 0.6) is 0 Å². The number of alkyl halides is 2. The standard InChI is InChI=1S/C26H52F2/c1-17(2)11-13-19(5)20(6)15-16-22(8)24(10)26(28)25(27)23(9)21(7)14-12-18(3)4/h17-26H,11-16H2,1-10H3. The Morgan fingerprint density at radius 1 is 0.393 bits per heavy atom. The lowest BCUT2D eigenvalue weighted by Crippen LogP contribution is -2.36. The van der Waals surface area contributed by atoms with E-state index in [-0.39, 0.29) is 23.7 Å². The predicted octanol–water partition coefficient (Wildman–Crippen LogP) is 9.13. The largest absolute Gasteiger partial charge is 0.244 e. The molecule has 0 N–H and O–H groups in total. The van der Waals surface area contributed by atoms with Crippen molar-refractivity contribution in [2.75, 3.05) is 0 Å². The maximum Gasteiger partial charge on any atom is 0.134 e. The topological polar surface area (TPSA) is 0 Å². The van der Waals surface area contributed by atoms with E-state index in [4.69, 9.17) is 0 Å². The average molecular weight is 403 g/mol. The van der Waals surface area contributed by atoms with E-state index in [1.54, 1.807) is 0 Å². The molecule has 0 aliphatic rings. The fraction of sp³-hybridized carbons (Fsp3) is 1.00. The van der Waals surface area contributed by atoms with Gasteiger partial charge in [0, 0.05) is 0 Å². The van der Waals surface area contributed by atoms with Crippen LogP contribution in [-0.2, 0) is 0 Å². The quantitative estimate of drug-likeness (QED) is 0.256. The smallest absolute Gasteiger partial charge is 0.134 e. The summed E-state index contributed by atoms with van der Waals surface area (Å²) in [6.07, 6.45) is 4.05. The van der Waals surface area contributed by atoms with Crippen molar-refractivity contribution in [3.05, 3.63) is 0 Å². The molecule has 0 amide bonds. The number of hydrogen-bond acceptors (Lipinski definition) is 0. The van der Waals surface area contributed by atoms with Crippen molar-refractivity contribution in [3.63, 3.8) is 0 Å².